The SMILES string of the molecule is CC(=O)c1ccc(N2CCC(Nc3nc(C)cs3)CC2)c([N+](=O)[O-])c1. The fourth-order valence-electron chi connectivity index (χ4n) is 3.02. The Balaban J connectivity index is 1.70. The number of thiazole rings is 1. The largest absolute Gasteiger partial charge is 0.366 e. The van der Waals surface area contributed by atoms with E-state index >= 15 is 0 Å². The Hall–Kier alpha value is -2.48. The Bertz CT molecular complexity index is 797. The number of aryl methyl sites for hydroxylation is 1. The molecule has 1 saturated heterocycles. The van der Waals surface area contributed by atoms with E-state index in [0.717, 1.165) is 36.8 Å². The minimum absolute atomic E-state index is 0.00495. The number of nitrogens with zero attached hydrogens (tertiary/aromatic N) is 3. The summed E-state index contributed by atoms with van der Waals surface area (Å²) >= 11 is 1.59. The Morgan fingerprint density at radius 3 is 2.68 bits per heavy atom. The molecule has 7 nitrogen and oxygen atoms in total. The normalized spacial score (nSPS) is 15.2. The van der Waals surface area contributed by atoms with E-state index in [4.69, 9.17) is 0 Å². The van der Waals surface area contributed by atoms with Crippen LogP contribution in [0.15, 0.2) is 23.6 Å². The number of piperidine rings is 1. The summed E-state index contributed by atoms with van der Waals surface area (Å²) in [6.45, 7) is 4.83. The van der Waals surface area contributed by atoms with Gasteiger partial charge in [-0.2, -0.15) is 0 Å². The molecule has 0 atom stereocenters. The fraction of sp³-hybridized carbons (Fsp3) is 0.412. The number of nitro benzene ring substituents is 1. The summed E-state index contributed by atoms with van der Waals surface area (Å²) < 4.78 is 0. The van der Waals surface area contributed by atoms with Crippen molar-refractivity contribution in [1.82, 2.24) is 4.98 Å². The van der Waals surface area contributed by atoms with Crippen molar-refractivity contribution in [3.8, 4) is 0 Å². The molecule has 0 amide bonds. The average molecular weight is 360 g/mol. The Morgan fingerprint density at radius 1 is 1.40 bits per heavy atom. The maximum Gasteiger partial charge on any atom is 0.293 e. The summed E-state index contributed by atoms with van der Waals surface area (Å²) in [5.41, 5.74) is 1.95. The highest BCUT2D eigenvalue weighted by molar-refractivity contribution is 7.13. The molecule has 2 heterocycles. The fourth-order valence-corrected chi connectivity index (χ4v) is 3.78. The molecule has 1 aliphatic rings. The van der Waals surface area contributed by atoms with Gasteiger partial charge in [-0.3, -0.25) is 14.9 Å². The Morgan fingerprint density at radius 2 is 2.12 bits per heavy atom. The summed E-state index contributed by atoms with van der Waals surface area (Å²) in [4.78, 5) is 28.9. The van der Waals surface area contributed by atoms with Gasteiger partial charge < -0.3 is 10.2 Å². The molecule has 0 unspecified atom stereocenters. The number of hydrogen-bond acceptors (Lipinski definition) is 7. The molecule has 0 aliphatic carbocycles. The molecule has 0 radical (unpaired) electrons. The van der Waals surface area contributed by atoms with Gasteiger partial charge in [0.1, 0.15) is 5.69 Å². The van der Waals surface area contributed by atoms with Gasteiger partial charge in [-0.05, 0) is 38.8 Å². The third kappa shape index (κ3) is 3.96. The highest BCUT2D eigenvalue weighted by Crippen LogP contribution is 2.32. The number of aromatic nitrogens is 1. The summed E-state index contributed by atoms with van der Waals surface area (Å²) in [5.74, 6) is -0.170. The van der Waals surface area contributed by atoms with E-state index in [2.05, 4.69) is 10.3 Å². The third-order valence-electron chi connectivity index (χ3n) is 4.36. The van der Waals surface area contributed by atoms with Crippen LogP contribution in [0.2, 0.25) is 0 Å². The second-order valence-electron chi connectivity index (χ2n) is 6.22. The van der Waals surface area contributed by atoms with Crippen LogP contribution >= 0.6 is 11.3 Å². The average Bonchev–Trinajstić information content (AvgIpc) is 3.00. The van der Waals surface area contributed by atoms with E-state index in [-0.39, 0.29) is 11.5 Å². The maximum atomic E-state index is 11.5. The van der Waals surface area contributed by atoms with Gasteiger partial charge in [0, 0.05) is 36.1 Å². The van der Waals surface area contributed by atoms with Crippen LogP contribution in [0.25, 0.3) is 0 Å². The van der Waals surface area contributed by atoms with Gasteiger partial charge in [-0.25, -0.2) is 4.98 Å². The molecule has 0 bridgehead atoms. The molecule has 1 fully saturated rings. The van der Waals surface area contributed by atoms with E-state index in [1.807, 2.05) is 17.2 Å². The smallest absolute Gasteiger partial charge is 0.293 e. The number of hydrogen-bond donors (Lipinski definition) is 1. The van der Waals surface area contributed by atoms with E-state index in [9.17, 15) is 14.9 Å². The topological polar surface area (TPSA) is 88.4 Å². The molecule has 2 aromatic rings. The molecular formula is C17H20N4O3S. The van der Waals surface area contributed by atoms with Crippen LogP contribution in [0.4, 0.5) is 16.5 Å². The standard InChI is InChI=1S/C17H20N4O3S/c1-11-10-25-17(18-11)19-14-5-7-20(8-6-14)15-4-3-13(12(2)22)9-16(15)21(23)24/h3-4,9-10,14H,5-8H2,1-2H3,(H,18,19). The van der Waals surface area contributed by atoms with Gasteiger partial charge in [-0.1, -0.05) is 0 Å². The first-order chi connectivity index (χ1) is 11.9. The molecule has 3 rings (SSSR count). The van der Waals surface area contributed by atoms with E-state index in [0.29, 0.717) is 17.3 Å². The first-order valence-electron chi connectivity index (χ1n) is 8.17. The zero-order valence-corrected chi connectivity index (χ0v) is 15.0. The van der Waals surface area contributed by atoms with Gasteiger partial charge in [0.2, 0.25) is 0 Å². The number of Topliss-reactive ketones (excluding diaryl/α,β-unsaturated/α-hetero) is 1. The minimum atomic E-state index is -0.412. The molecule has 132 valence electrons. The van der Waals surface area contributed by atoms with Crippen LogP contribution in [-0.2, 0) is 0 Å². The predicted octanol–water partition coefficient (Wildman–Crippen LogP) is 3.64. The lowest BCUT2D eigenvalue weighted by Crippen LogP contribution is -2.39. The zero-order valence-electron chi connectivity index (χ0n) is 14.2. The molecule has 0 saturated carbocycles. The van der Waals surface area contributed by atoms with E-state index in [1.165, 1.54) is 13.0 Å². The lowest BCUT2D eigenvalue weighted by atomic mass is 10.0. The number of carbonyl (C=O) groups is 1. The van der Waals surface area contributed by atoms with Crippen molar-refractivity contribution in [3.05, 3.63) is 45.0 Å². The number of ketones is 1. The number of benzene rings is 1. The zero-order chi connectivity index (χ0) is 18.0. The molecule has 25 heavy (non-hydrogen) atoms. The first kappa shape index (κ1) is 17.3. The summed E-state index contributed by atoms with van der Waals surface area (Å²) in [5, 5.41) is 17.8. The molecule has 1 N–H and O–H groups in total. The van der Waals surface area contributed by atoms with Crippen LogP contribution in [0.3, 0.4) is 0 Å². The van der Waals surface area contributed by atoms with E-state index < -0.39 is 4.92 Å². The van der Waals surface area contributed by atoms with Crippen molar-refractivity contribution >= 4 is 33.6 Å². The molecule has 1 aromatic carbocycles. The lowest BCUT2D eigenvalue weighted by molar-refractivity contribution is -0.384. The number of anilines is 2. The second-order valence-corrected chi connectivity index (χ2v) is 7.07. The van der Waals surface area contributed by atoms with Crippen molar-refractivity contribution in [1.29, 1.82) is 0 Å². The quantitative estimate of drug-likeness (QED) is 0.497. The number of nitro groups is 1. The predicted molar refractivity (Wildman–Crippen MR) is 98.8 cm³/mol. The van der Waals surface area contributed by atoms with Gasteiger partial charge in [0.15, 0.2) is 10.9 Å². The molecular weight excluding hydrogens is 340 g/mol. The highest BCUT2D eigenvalue weighted by Gasteiger charge is 2.26. The summed E-state index contributed by atoms with van der Waals surface area (Å²) in [6.07, 6.45) is 1.76. The lowest BCUT2D eigenvalue weighted by Gasteiger charge is -2.33. The number of nitrogens with one attached hydrogen (secondary N) is 1. The van der Waals surface area contributed by atoms with Crippen molar-refractivity contribution in [2.45, 2.75) is 32.7 Å². The van der Waals surface area contributed by atoms with Crippen molar-refractivity contribution in [3.63, 3.8) is 0 Å². The third-order valence-corrected chi connectivity index (χ3v) is 5.25. The van der Waals surface area contributed by atoms with Crippen LogP contribution in [0.5, 0.6) is 0 Å². The van der Waals surface area contributed by atoms with Crippen LogP contribution < -0.4 is 10.2 Å². The maximum absolute atomic E-state index is 11.5. The summed E-state index contributed by atoms with van der Waals surface area (Å²) in [7, 11) is 0. The van der Waals surface area contributed by atoms with Gasteiger partial charge >= 0.3 is 0 Å². The van der Waals surface area contributed by atoms with E-state index in [1.54, 1.807) is 23.5 Å². The van der Waals surface area contributed by atoms with Gasteiger partial charge in [-0.15, -0.1) is 11.3 Å². The van der Waals surface area contributed by atoms with Crippen molar-refractivity contribution in [2.75, 3.05) is 23.3 Å². The van der Waals surface area contributed by atoms with Crippen LogP contribution in [-0.4, -0.2) is 34.8 Å². The molecule has 1 aliphatic heterocycles. The summed E-state index contributed by atoms with van der Waals surface area (Å²) in [6, 6.07) is 5.04. The first-order valence-corrected chi connectivity index (χ1v) is 9.05. The Kier molecular flexibility index (Phi) is 4.98. The van der Waals surface area contributed by atoms with Crippen LogP contribution in [0, 0.1) is 17.0 Å². The number of carbonyl (C=O) groups excluding carboxylic acids is 1. The minimum Gasteiger partial charge on any atom is -0.366 e. The highest BCUT2D eigenvalue weighted by atomic mass is 32.1. The molecule has 1 aromatic heterocycles. The van der Waals surface area contributed by atoms with Gasteiger partial charge in [0.25, 0.3) is 5.69 Å². The molecule has 8 heteroatoms. The van der Waals surface area contributed by atoms with Crippen molar-refractivity contribution < 1.29 is 9.72 Å². The monoisotopic (exact) mass is 360 g/mol. The second kappa shape index (κ2) is 7.18. The van der Waals surface area contributed by atoms with Gasteiger partial charge in [0.05, 0.1) is 10.6 Å². The van der Waals surface area contributed by atoms with Crippen molar-refractivity contribution in [2.24, 2.45) is 0 Å². The number of rotatable bonds is 5. The van der Waals surface area contributed by atoms with Crippen LogP contribution in [0.1, 0.15) is 35.8 Å². The Labute approximate surface area is 149 Å². The molecule has 0 spiro atoms.